The number of carbonyl (C=O) groups is 2. The molecule has 0 bridgehead atoms. The van der Waals surface area contributed by atoms with Crippen LogP contribution in [0.5, 0.6) is 0 Å². The zero-order valence-electron chi connectivity index (χ0n) is 16.6. The molecule has 3 N–H and O–H groups in total. The molecule has 0 radical (unpaired) electrons. The number of ketones is 1. The van der Waals surface area contributed by atoms with E-state index in [4.69, 9.17) is 5.73 Å². The molecule has 10 heteroatoms. The van der Waals surface area contributed by atoms with Crippen LogP contribution in [0.2, 0.25) is 0 Å². The number of hydrogen-bond acceptors (Lipinski definition) is 4. The lowest BCUT2D eigenvalue weighted by molar-refractivity contribution is -0.141. The molecule has 0 atom stereocenters. The molecule has 0 saturated heterocycles. The van der Waals surface area contributed by atoms with Gasteiger partial charge in [-0.05, 0) is 17.7 Å². The normalized spacial score (nSPS) is 12.0. The van der Waals surface area contributed by atoms with Gasteiger partial charge in [-0.1, -0.05) is 24.3 Å². The summed E-state index contributed by atoms with van der Waals surface area (Å²) in [5.41, 5.74) is 7.09. The van der Waals surface area contributed by atoms with E-state index in [9.17, 15) is 22.8 Å². The van der Waals surface area contributed by atoms with Gasteiger partial charge < -0.3 is 15.3 Å². The maximum absolute atomic E-state index is 12.9. The van der Waals surface area contributed by atoms with Gasteiger partial charge in [0.2, 0.25) is 11.7 Å². The molecular formula is C22H16F3N5O2. The number of nitrogens with zero attached hydrogens (tertiary/aromatic N) is 3. The molecule has 7 nitrogen and oxygen atoms in total. The molecule has 1 amide bonds. The Morgan fingerprint density at radius 1 is 1.16 bits per heavy atom. The Balaban J connectivity index is 1.63. The number of benzene rings is 1. The third kappa shape index (κ3) is 4.02. The molecule has 0 spiro atoms. The number of imidazole rings is 1. The van der Waals surface area contributed by atoms with Crippen molar-refractivity contribution >= 4 is 28.8 Å². The van der Waals surface area contributed by atoms with E-state index in [0.717, 1.165) is 32.8 Å². The van der Waals surface area contributed by atoms with Crippen LogP contribution >= 0.6 is 0 Å². The summed E-state index contributed by atoms with van der Waals surface area (Å²) in [6, 6.07) is 8.26. The van der Waals surface area contributed by atoms with Crippen LogP contribution < -0.4 is 5.73 Å². The highest BCUT2D eigenvalue weighted by molar-refractivity contribution is 6.07. The molecule has 0 fully saturated rings. The number of fused-ring (bicyclic) bond motifs is 1. The van der Waals surface area contributed by atoms with Crippen molar-refractivity contribution in [1.29, 1.82) is 0 Å². The lowest BCUT2D eigenvalue weighted by Gasteiger charge is -2.05. The summed E-state index contributed by atoms with van der Waals surface area (Å²) in [5, 5.41) is 0.771. The zero-order valence-corrected chi connectivity index (χ0v) is 16.6. The topological polar surface area (TPSA) is 107 Å². The molecule has 0 aliphatic rings. The summed E-state index contributed by atoms with van der Waals surface area (Å²) in [4.78, 5) is 34.5. The molecular weight excluding hydrogens is 423 g/mol. The van der Waals surface area contributed by atoms with E-state index in [1.165, 1.54) is 25.3 Å². The van der Waals surface area contributed by atoms with Gasteiger partial charge in [0, 0.05) is 53.8 Å². The number of H-pyrrole nitrogens is 1. The molecule has 0 aliphatic carbocycles. The number of hydrogen-bond donors (Lipinski definition) is 2. The highest BCUT2D eigenvalue weighted by Crippen LogP contribution is 2.29. The number of pyridine rings is 1. The van der Waals surface area contributed by atoms with Crippen molar-refractivity contribution in [2.24, 2.45) is 12.8 Å². The van der Waals surface area contributed by atoms with Crippen LogP contribution in [0, 0.1) is 0 Å². The number of amides is 1. The van der Waals surface area contributed by atoms with Crippen LogP contribution in [0.15, 0.2) is 55.0 Å². The molecule has 0 aliphatic heterocycles. The zero-order chi connectivity index (χ0) is 23.0. The lowest BCUT2D eigenvalue weighted by atomic mass is 10.0. The number of nitrogens with one attached hydrogen (secondary N) is 1. The third-order valence-corrected chi connectivity index (χ3v) is 4.84. The number of aromatic amines is 1. The molecule has 3 aromatic heterocycles. The number of aromatic nitrogens is 4. The Morgan fingerprint density at radius 2 is 1.88 bits per heavy atom. The highest BCUT2D eigenvalue weighted by atomic mass is 19.4. The van der Waals surface area contributed by atoms with E-state index in [0.29, 0.717) is 5.65 Å². The predicted molar refractivity (Wildman–Crippen MR) is 111 cm³/mol. The van der Waals surface area contributed by atoms with Crippen LogP contribution in [-0.2, 0) is 18.0 Å². The minimum absolute atomic E-state index is 0.205. The third-order valence-electron chi connectivity index (χ3n) is 4.84. The summed E-state index contributed by atoms with van der Waals surface area (Å²) < 4.78 is 39.7. The summed E-state index contributed by atoms with van der Waals surface area (Å²) in [6.07, 6.45) is 2.32. The fourth-order valence-corrected chi connectivity index (χ4v) is 3.25. The molecule has 4 rings (SSSR count). The number of aryl methyl sites for hydroxylation is 1. The van der Waals surface area contributed by atoms with Gasteiger partial charge in [-0.25, -0.2) is 9.97 Å². The summed E-state index contributed by atoms with van der Waals surface area (Å²) in [5.74, 6) is -1.49. The van der Waals surface area contributed by atoms with Crippen LogP contribution in [0.3, 0.4) is 0 Å². The van der Waals surface area contributed by atoms with Gasteiger partial charge in [0.1, 0.15) is 5.65 Å². The average molecular weight is 439 g/mol. The van der Waals surface area contributed by atoms with E-state index in [-0.39, 0.29) is 11.4 Å². The number of halogens is 3. The lowest BCUT2D eigenvalue weighted by Crippen LogP contribution is -2.09. The van der Waals surface area contributed by atoms with Gasteiger partial charge >= 0.3 is 6.18 Å². The highest BCUT2D eigenvalue weighted by Gasteiger charge is 2.35. The molecule has 0 saturated carbocycles. The van der Waals surface area contributed by atoms with Gasteiger partial charge in [0.25, 0.3) is 0 Å². The second-order valence-electron chi connectivity index (χ2n) is 7.06. The number of rotatable bonds is 5. The fraction of sp³-hybridized carbons (Fsp3) is 0.0909. The van der Waals surface area contributed by atoms with Crippen molar-refractivity contribution in [2.45, 2.75) is 6.18 Å². The number of nitrogens with two attached hydrogens (primary N) is 1. The first-order chi connectivity index (χ1) is 15.1. The average Bonchev–Trinajstić information content (AvgIpc) is 3.34. The quantitative estimate of drug-likeness (QED) is 0.365. The van der Waals surface area contributed by atoms with Crippen LogP contribution in [0.4, 0.5) is 13.2 Å². The van der Waals surface area contributed by atoms with Crippen LogP contribution in [0.1, 0.15) is 27.4 Å². The molecule has 3 heterocycles. The second kappa shape index (κ2) is 7.80. The smallest absolute Gasteiger partial charge is 0.366 e. The first-order valence-corrected chi connectivity index (χ1v) is 9.34. The van der Waals surface area contributed by atoms with Gasteiger partial charge in [-0.3, -0.25) is 9.59 Å². The second-order valence-corrected chi connectivity index (χ2v) is 7.06. The van der Waals surface area contributed by atoms with Gasteiger partial charge in [0.15, 0.2) is 11.5 Å². The Bertz CT molecular complexity index is 1360. The van der Waals surface area contributed by atoms with E-state index in [1.807, 2.05) is 6.07 Å². The number of carbonyl (C=O) groups excluding carboxylic acids is 2. The van der Waals surface area contributed by atoms with Crippen molar-refractivity contribution < 1.29 is 22.8 Å². The SMILES string of the molecule is Cn1cc(C(F)(F)F)nc1C(=O)c1ccc(-c2cnc3[nH]cc(C=CC(N)=O)c3c2)cc1. The maximum atomic E-state index is 12.9. The Hall–Kier alpha value is -4.21. The molecule has 4 aromatic rings. The van der Waals surface area contributed by atoms with Crippen LogP contribution in [-0.4, -0.2) is 31.2 Å². The molecule has 32 heavy (non-hydrogen) atoms. The van der Waals surface area contributed by atoms with E-state index in [2.05, 4.69) is 15.0 Å². The summed E-state index contributed by atoms with van der Waals surface area (Å²) >= 11 is 0. The van der Waals surface area contributed by atoms with E-state index >= 15 is 0 Å². The summed E-state index contributed by atoms with van der Waals surface area (Å²) in [6.45, 7) is 0. The fourth-order valence-electron chi connectivity index (χ4n) is 3.25. The number of alkyl halides is 3. The molecule has 1 aromatic carbocycles. The minimum atomic E-state index is -4.63. The minimum Gasteiger partial charge on any atom is -0.366 e. The molecule has 0 unspecified atom stereocenters. The standard InChI is InChI=1S/C22H16F3N5O2/c1-30-11-17(22(23,24)25)29-21(30)19(32)13-4-2-12(3-5-13)15-8-16-14(6-7-18(26)31)9-27-20(16)28-10-15/h2-11H,1H3,(H2,26,31)(H,27,28). The first kappa shape index (κ1) is 21.0. The van der Waals surface area contributed by atoms with Gasteiger partial charge in [0.05, 0.1) is 0 Å². The maximum Gasteiger partial charge on any atom is 0.434 e. The van der Waals surface area contributed by atoms with Crippen molar-refractivity contribution in [3.05, 3.63) is 77.6 Å². The van der Waals surface area contributed by atoms with Gasteiger partial charge in [-0.15, -0.1) is 0 Å². The van der Waals surface area contributed by atoms with E-state index < -0.39 is 23.6 Å². The van der Waals surface area contributed by atoms with Crippen LogP contribution in [0.25, 0.3) is 28.2 Å². The van der Waals surface area contributed by atoms with Crippen molar-refractivity contribution in [1.82, 2.24) is 19.5 Å². The van der Waals surface area contributed by atoms with Crippen molar-refractivity contribution in [3.63, 3.8) is 0 Å². The Morgan fingerprint density at radius 3 is 2.50 bits per heavy atom. The van der Waals surface area contributed by atoms with Gasteiger partial charge in [-0.2, -0.15) is 13.2 Å². The first-order valence-electron chi connectivity index (χ1n) is 9.34. The van der Waals surface area contributed by atoms with E-state index in [1.54, 1.807) is 30.6 Å². The predicted octanol–water partition coefficient (Wildman–Crippen LogP) is 3.71. The number of primary amides is 1. The monoisotopic (exact) mass is 439 g/mol. The largest absolute Gasteiger partial charge is 0.434 e. The van der Waals surface area contributed by atoms with Crippen molar-refractivity contribution in [3.8, 4) is 11.1 Å². The summed E-state index contributed by atoms with van der Waals surface area (Å²) in [7, 11) is 1.34. The van der Waals surface area contributed by atoms with Crippen molar-refractivity contribution in [2.75, 3.05) is 0 Å². The Kier molecular flexibility index (Phi) is 5.13. The molecule has 162 valence electrons. The Labute approximate surface area is 179 Å².